The highest BCUT2D eigenvalue weighted by Crippen LogP contribution is 2.43. The zero-order valence-corrected chi connectivity index (χ0v) is 42.5. The van der Waals surface area contributed by atoms with Crippen LogP contribution in [0.1, 0.15) is 11.1 Å². The van der Waals surface area contributed by atoms with E-state index in [0.717, 1.165) is 117 Å². The SMILES string of the molecule is Cc1cccc(-c2ccc(-c3ccccc3-c3cc(-c4ccccc4-c4ccc(-c5cccc(C)c5)nc4)cc(-c4ccccc4-c4cnc(-c5cccc(Oc6ccc7ccc8ccccc8c7n6)c5)nc4)c3)cn2)c1. The van der Waals surface area contributed by atoms with Crippen LogP contribution in [0.5, 0.6) is 11.6 Å². The topological polar surface area (TPSA) is 73.7 Å². The van der Waals surface area contributed by atoms with Crippen LogP contribution in [0.15, 0.2) is 261 Å². The van der Waals surface area contributed by atoms with E-state index >= 15 is 0 Å². The molecule has 0 saturated carbocycles. The van der Waals surface area contributed by atoms with Crippen molar-refractivity contribution in [2.75, 3.05) is 0 Å². The van der Waals surface area contributed by atoms with Gasteiger partial charge in [0, 0.05) is 75.0 Å². The predicted molar refractivity (Wildman–Crippen MR) is 315 cm³/mol. The summed E-state index contributed by atoms with van der Waals surface area (Å²) in [5.41, 5.74) is 20.9. The standard InChI is InChI=1S/C71H49N5O/c1-46-14-11-17-50(36-46)67-33-30-53(42-72-67)60-21-5-7-23-62(60)55-38-56(63-24-8-6-22-61(63)54-31-34-68(73-43-54)51-18-12-15-47(2)37-51)40-57(39-55)64-25-9-10-26-65(64)58-44-74-71(75-45-58)52-19-13-20-59(41-52)77-69-35-32-49-29-28-48-16-3-4-27-66(48)70(49)76-69/h3-45H,1-2H3. The van der Waals surface area contributed by atoms with Crippen molar-refractivity contribution >= 4 is 21.7 Å². The van der Waals surface area contributed by atoms with Gasteiger partial charge in [-0.05, 0) is 130 Å². The van der Waals surface area contributed by atoms with Crippen molar-refractivity contribution in [1.82, 2.24) is 24.9 Å². The molecule has 6 heteroatoms. The Labute approximate surface area is 447 Å². The minimum absolute atomic E-state index is 0.521. The van der Waals surface area contributed by atoms with Crippen molar-refractivity contribution in [3.05, 3.63) is 273 Å². The molecule has 0 aliphatic carbocycles. The maximum Gasteiger partial charge on any atom is 0.219 e. The highest BCUT2D eigenvalue weighted by Gasteiger charge is 2.18. The molecule has 13 aromatic rings. The Balaban J connectivity index is 0.875. The third kappa shape index (κ3) is 9.52. The van der Waals surface area contributed by atoms with Crippen molar-refractivity contribution in [2.24, 2.45) is 0 Å². The van der Waals surface area contributed by atoms with Gasteiger partial charge < -0.3 is 4.74 Å². The molecule has 364 valence electrons. The first-order valence-corrected chi connectivity index (χ1v) is 25.8. The number of hydrogen-bond donors (Lipinski definition) is 0. The van der Waals surface area contributed by atoms with Crippen LogP contribution in [0.2, 0.25) is 0 Å². The normalized spacial score (nSPS) is 11.2. The molecule has 13 rings (SSSR count). The Morgan fingerprint density at radius 2 is 0.753 bits per heavy atom. The molecule has 77 heavy (non-hydrogen) atoms. The van der Waals surface area contributed by atoms with Crippen LogP contribution >= 0.6 is 0 Å². The molecule has 0 saturated heterocycles. The van der Waals surface area contributed by atoms with Crippen LogP contribution in [0, 0.1) is 13.8 Å². The average molecular weight is 988 g/mol. The maximum atomic E-state index is 6.38. The number of rotatable bonds is 11. The van der Waals surface area contributed by atoms with Crippen LogP contribution in [0.3, 0.4) is 0 Å². The van der Waals surface area contributed by atoms with Gasteiger partial charge in [0.25, 0.3) is 0 Å². The molecular weight excluding hydrogens is 939 g/mol. The van der Waals surface area contributed by atoms with Crippen LogP contribution in [-0.4, -0.2) is 24.9 Å². The molecule has 0 fully saturated rings. The zero-order chi connectivity index (χ0) is 51.7. The smallest absolute Gasteiger partial charge is 0.219 e. The molecule has 0 amide bonds. The summed E-state index contributed by atoms with van der Waals surface area (Å²) in [6, 6.07) is 82.6. The molecular formula is C71H49N5O. The van der Waals surface area contributed by atoms with Crippen LogP contribution in [-0.2, 0) is 0 Å². The van der Waals surface area contributed by atoms with Gasteiger partial charge in [0.15, 0.2) is 5.82 Å². The Morgan fingerprint density at radius 3 is 1.29 bits per heavy atom. The van der Waals surface area contributed by atoms with Crippen molar-refractivity contribution in [2.45, 2.75) is 13.8 Å². The molecule has 0 aliphatic rings. The first-order valence-electron chi connectivity index (χ1n) is 25.8. The lowest BCUT2D eigenvalue weighted by Gasteiger charge is -2.18. The van der Waals surface area contributed by atoms with E-state index in [2.05, 4.69) is 208 Å². The van der Waals surface area contributed by atoms with Gasteiger partial charge in [0.05, 0.1) is 16.9 Å². The van der Waals surface area contributed by atoms with E-state index in [9.17, 15) is 0 Å². The summed E-state index contributed by atoms with van der Waals surface area (Å²) in [4.78, 5) is 24.8. The second kappa shape index (κ2) is 20.3. The fourth-order valence-corrected chi connectivity index (χ4v) is 10.4. The van der Waals surface area contributed by atoms with Crippen LogP contribution in [0.4, 0.5) is 0 Å². The Kier molecular flexibility index (Phi) is 12.3. The number of pyridine rings is 3. The fraction of sp³-hybridized carbons (Fsp3) is 0.0282. The summed E-state index contributed by atoms with van der Waals surface area (Å²) < 4.78 is 6.38. The lowest BCUT2D eigenvalue weighted by atomic mass is 9.86. The second-order valence-corrected chi connectivity index (χ2v) is 19.5. The molecule has 6 nitrogen and oxygen atoms in total. The molecule has 0 spiro atoms. The van der Waals surface area contributed by atoms with E-state index < -0.39 is 0 Å². The number of fused-ring (bicyclic) bond motifs is 3. The number of aromatic nitrogens is 5. The molecule has 4 aromatic heterocycles. The van der Waals surface area contributed by atoms with Gasteiger partial charge in [0.2, 0.25) is 5.88 Å². The molecule has 0 radical (unpaired) electrons. The second-order valence-electron chi connectivity index (χ2n) is 19.5. The molecule has 0 N–H and O–H groups in total. The Morgan fingerprint density at radius 1 is 0.299 bits per heavy atom. The van der Waals surface area contributed by atoms with Crippen LogP contribution in [0.25, 0.3) is 122 Å². The van der Waals surface area contributed by atoms with E-state index in [-0.39, 0.29) is 0 Å². The maximum absolute atomic E-state index is 6.38. The molecule has 9 aromatic carbocycles. The minimum Gasteiger partial charge on any atom is -0.439 e. The van der Waals surface area contributed by atoms with Crippen molar-refractivity contribution in [3.8, 4) is 112 Å². The fourth-order valence-electron chi connectivity index (χ4n) is 10.4. The number of ether oxygens (including phenoxy) is 1. The lowest BCUT2D eigenvalue weighted by Crippen LogP contribution is -1.94. The minimum atomic E-state index is 0.521. The largest absolute Gasteiger partial charge is 0.439 e. The van der Waals surface area contributed by atoms with Crippen molar-refractivity contribution < 1.29 is 4.74 Å². The van der Waals surface area contributed by atoms with Crippen molar-refractivity contribution in [3.63, 3.8) is 0 Å². The highest BCUT2D eigenvalue weighted by atomic mass is 16.5. The van der Waals surface area contributed by atoms with E-state index in [1.54, 1.807) is 0 Å². The monoisotopic (exact) mass is 987 g/mol. The quantitative estimate of drug-likeness (QED) is 0.120. The molecule has 0 atom stereocenters. The summed E-state index contributed by atoms with van der Waals surface area (Å²) in [7, 11) is 0. The van der Waals surface area contributed by atoms with Crippen LogP contribution < -0.4 is 4.74 Å². The van der Waals surface area contributed by atoms with Gasteiger partial charge in [-0.1, -0.05) is 181 Å². The summed E-state index contributed by atoms with van der Waals surface area (Å²) in [5, 5.41) is 3.29. The highest BCUT2D eigenvalue weighted by molar-refractivity contribution is 6.05. The Hall–Kier alpha value is -10.2. The third-order valence-corrected chi connectivity index (χ3v) is 14.3. The number of nitrogens with zero attached hydrogens (tertiary/aromatic N) is 5. The average Bonchev–Trinajstić information content (AvgIpc) is 3.51. The van der Waals surface area contributed by atoms with E-state index in [0.29, 0.717) is 17.5 Å². The molecule has 0 unspecified atom stereocenters. The van der Waals surface area contributed by atoms with Gasteiger partial charge in [-0.2, -0.15) is 0 Å². The summed E-state index contributed by atoms with van der Waals surface area (Å²) in [6.45, 7) is 4.22. The van der Waals surface area contributed by atoms with Gasteiger partial charge in [-0.15, -0.1) is 0 Å². The zero-order valence-electron chi connectivity index (χ0n) is 42.5. The number of hydrogen-bond acceptors (Lipinski definition) is 6. The summed E-state index contributed by atoms with van der Waals surface area (Å²) >= 11 is 0. The van der Waals surface area contributed by atoms with Gasteiger partial charge in [0.1, 0.15) is 5.75 Å². The predicted octanol–water partition coefficient (Wildman–Crippen LogP) is 18.4. The van der Waals surface area contributed by atoms with Gasteiger partial charge >= 0.3 is 0 Å². The summed E-state index contributed by atoms with van der Waals surface area (Å²) in [5.74, 6) is 1.76. The first-order chi connectivity index (χ1) is 37.9. The third-order valence-electron chi connectivity index (χ3n) is 14.3. The molecule has 4 heterocycles. The van der Waals surface area contributed by atoms with Crippen molar-refractivity contribution in [1.29, 1.82) is 0 Å². The molecule has 0 bridgehead atoms. The summed E-state index contributed by atoms with van der Waals surface area (Å²) in [6.07, 6.45) is 7.83. The number of aryl methyl sites for hydroxylation is 2. The lowest BCUT2D eigenvalue weighted by molar-refractivity contribution is 0.465. The van der Waals surface area contributed by atoms with Gasteiger partial charge in [-0.3, -0.25) is 9.97 Å². The van der Waals surface area contributed by atoms with E-state index in [1.165, 1.54) is 11.1 Å². The Bertz CT molecular complexity index is 4170. The van der Waals surface area contributed by atoms with Gasteiger partial charge in [-0.25, -0.2) is 15.0 Å². The number of benzene rings is 9. The molecule has 0 aliphatic heterocycles. The first kappa shape index (κ1) is 46.6. The van der Waals surface area contributed by atoms with E-state index in [4.69, 9.17) is 29.7 Å². The van der Waals surface area contributed by atoms with E-state index in [1.807, 2.05) is 67.3 Å².